The number of aliphatic imine (C=N–C) groups is 1. The third kappa shape index (κ3) is 3.16. The minimum Gasteiger partial charge on any atom is -0.365 e. The maximum atomic E-state index is 10.5. The molecule has 2 N–H and O–H groups in total. The molecule has 1 heterocycles. The Bertz CT molecular complexity index is 286. The standard InChI is InChI=1S/C9H15N3OS/c1-12-4-3-7(8(6-12)14-2)11-5-9(10)13/h5H,3-4,6H2,1-2H3,(H2,10,13). The van der Waals surface area contributed by atoms with Gasteiger partial charge in [-0.3, -0.25) is 9.79 Å². The number of hydrogen-bond acceptors (Lipinski definition) is 4. The summed E-state index contributed by atoms with van der Waals surface area (Å²) in [6, 6.07) is 0. The van der Waals surface area contributed by atoms with Crippen LogP contribution in [-0.2, 0) is 4.79 Å². The SMILES string of the molecule is CSC1=C(N=CC(N)=O)CCN(C)C1. The highest BCUT2D eigenvalue weighted by Gasteiger charge is 2.14. The van der Waals surface area contributed by atoms with Crippen LogP contribution < -0.4 is 5.73 Å². The zero-order valence-corrected chi connectivity index (χ0v) is 9.30. The molecule has 0 saturated heterocycles. The summed E-state index contributed by atoms with van der Waals surface area (Å²) in [7, 11) is 2.07. The average molecular weight is 213 g/mol. The fourth-order valence-electron chi connectivity index (χ4n) is 1.31. The number of thioether (sulfide) groups is 1. The van der Waals surface area contributed by atoms with E-state index in [9.17, 15) is 4.79 Å². The largest absolute Gasteiger partial charge is 0.365 e. The first-order valence-corrected chi connectivity index (χ1v) is 5.64. The first kappa shape index (κ1) is 11.3. The molecule has 0 aromatic rings. The van der Waals surface area contributed by atoms with Crippen LogP contribution in [0.2, 0.25) is 0 Å². The minimum absolute atomic E-state index is 0.489. The van der Waals surface area contributed by atoms with Gasteiger partial charge in [-0.1, -0.05) is 0 Å². The van der Waals surface area contributed by atoms with Crippen LogP contribution in [0.4, 0.5) is 0 Å². The van der Waals surface area contributed by atoms with E-state index in [0.29, 0.717) is 0 Å². The van der Waals surface area contributed by atoms with Gasteiger partial charge >= 0.3 is 0 Å². The quantitative estimate of drug-likeness (QED) is 0.693. The fraction of sp³-hybridized carbons (Fsp3) is 0.556. The van der Waals surface area contributed by atoms with Crippen LogP contribution >= 0.6 is 11.8 Å². The molecular formula is C9H15N3OS. The lowest BCUT2D eigenvalue weighted by molar-refractivity contribution is -0.111. The Labute approximate surface area is 88.2 Å². The van der Waals surface area contributed by atoms with Crippen LogP contribution in [0.1, 0.15) is 6.42 Å². The van der Waals surface area contributed by atoms with Crippen molar-refractivity contribution in [2.75, 3.05) is 26.4 Å². The van der Waals surface area contributed by atoms with Gasteiger partial charge in [-0.05, 0) is 13.3 Å². The molecule has 1 rings (SSSR count). The maximum Gasteiger partial charge on any atom is 0.259 e. The zero-order chi connectivity index (χ0) is 10.6. The van der Waals surface area contributed by atoms with Gasteiger partial charge in [0.15, 0.2) is 0 Å². The van der Waals surface area contributed by atoms with Crippen molar-refractivity contribution in [3.63, 3.8) is 0 Å². The van der Waals surface area contributed by atoms with E-state index in [0.717, 1.165) is 25.2 Å². The molecule has 14 heavy (non-hydrogen) atoms. The number of carbonyl (C=O) groups is 1. The van der Waals surface area contributed by atoms with Gasteiger partial charge in [0.1, 0.15) is 0 Å². The van der Waals surface area contributed by atoms with E-state index in [2.05, 4.69) is 16.9 Å². The van der Waals surface area contributed by atoms with E-state index in [-0.39, 0.29) is 0 Å². The van der Waals surface area contributed by atoms with Gasteiger partial charge in [-0.15, -0.1) is 11.8 Å². The number of hydrogen-bond donors (Lipinski definition) is 1. The third-order valence-electron chi connectivity index (χ3n) is 2.06. The van der Waals surface area contributed by atoms with Crippen molar-refractivity contribution in [1.82, 2.24) is 4.90 Å². The zero-order valence-electron chi connectivity index (χ0n) is 8.49. The number of primary amides is 1. The lowest BCUT2D eigenvalue weighted by Crippen LogP contribution is -2.26. The molecule has 1 aliphatic heterocycles. The number of amides is 1. The smallest absolute Gasteiger partial charge is 0.259 e. The molecule has 4 nitrogen and oxygen atoms in total. The summed E-state index contributed by atoms with van der Waals surface area (Å²) < 4.78 is 0. The summed E-state index contributed by atoms with van der Waals surface area (Å²) in [5, 5.41) is 0. The predicted octanol–water partition coefficient (Wildman–Crippen LogP) is 0.453. The number of carbonyl (C=O) groups excluding carboxylic acids is 1. The van der Waals surface area contributed by atoms with Crippen molar-refractivity contribution in [2.24, 2.45) is 10.7 Å². The highest BCUT2D eigenvalue weighted by atomic mass is 32.2. The molecule has 0 unspecified atom stereocenters. The van der Waals surface area contributed by atoms with E-state index >= 15 is 0 Å². The second-order valence-electron chi connectivity index (χ2n) is 3.22. The normalized spacial score (nSPS) is 19.3. The van der Waals surface area contributed by atoms with Crippen molar-refractivity contribution >= 4 is 23.9 Å². The Morgan fingerprint density at radius 2 is 2.43 bits per heavy atom. The predicted molar refractivity (Wildman–Crippen MR) is 60.3 cm³/mol. The first-order valence-electron chi connectivity index (χ1n) is 4.41. The van der Waals surface area contributed by atoms with E-state index in [1.165, 1.54) is 11.1 Å². The van der Waals surface area contributed by atoms with Crippen molar-refractivity contribution in [3.05, 3.63) is 10.6 Å². The number of nitrogens with zero attached hydrogens (tertiary/aromatic N) is 2. The van der Waals surface area contributed by atoms with Crippen molar-refractivity contribution < 1.29 is 4.79 Å². The van der Waals surface area contributed by atoms with E-state index in [1.54, 1.807) is 11.8 Å². The van der Waals surface area contributed by atoms with Crippen LogP contribution in [0, 0.1) is 0 Å². The summed E-state index contributed by atoms with van der Waals surface area (Å²) in [6.07, 6.45) is 4.10. The Hall–Kier alpha value is -0.810. The van der Waals surface area contributed by atoms with E-state index < -0.39 is 5.91 Å². The van der Waals surface area contributed by atoms with Gasteiger partial charge in [0.2, 0.25) is 0 Å². The minimum atomic E-state index is -0.489. The molecule has 0 fully saturated rings. The maximum absolute atomic E-state index is 10.5. The number of rotatable bonds is 3. The molecule has 0 atom stereocenters. The van der Waals surface area contributed by atoms with Gasteiger partial charge in [0, 0.05) is 24.4 Å². The lowest BCUT2D eigenvalue weighted by atomic mass is 10.2. The third-order valence-corrected chi connectivity index (χ3v) is 2.92. The highest BCUT2D eigenvalue weighted by Crippen LogP contribution is 2.25. The van der Waals surface area contributed by atoms with Crippen molar-refractivity contribution in [2.45, 2.75) is 6.42 Å². The Kier molecular flexibility index (Phi) is 4.16. The summed E-state index contributed by atoms with van der Waals surface area (Å²) in [6.45, 7) is 1.89. The molecular weight excluding hydrogens is 198 g/mol. The van der Waals surface area contributed by atoms with Gasteiger partial charge in [-0.2, -0.15) is 0 Å². The summed E-state index contributed by atoms with van der Waals surface area (Å²) >= 11 is 1.68. The Balaban J connectivity index is 2.77. The Morgan fingerprint density at radius 1 is 1.71 bits per heavy atom. The lowest BCUT2D eigenvalue weighted by Gasteiger charge is -2.24. The number of likely N-dealkylation sites (N-methyl/N-ethyl adjacent to an activating group) is 1. The molecule has 0 spiro atoms. The van der Waals surface area contributed by atoms with Crippen LogP contribution in [-0.4, -0.2) is 43.4 Å². The van der Waals surface area contributed by atoms with E-state index in [4.69, 9.17) is 5.73 Å². The molecule has 0 bridgehead atoms. The van der Waals surface area contributed by atoms with E-state index in [1.807, 2.05) is 6.26 Å². The monoisotopic (exact) mass is 213 g/mol. The molecule has 1 amide bonds. The molecule has 0 saturated carbocycles. The second kappa shape index (κ2) is 5.17. The number of nitrogens with two attached hydrogens (primary N) is 1. The molecule has 5 heteroatoms. The average Bonchev–Trinajstić information content (AvgIpc) is 2.15. The topological polar surface area (TPSA) is 58.7 Å². The van der Waals surface area contributed by atoms with Gasteiger partial charge < -0.3 is 10.6 Å². The molecule has 0 aromatic carbocycles. The van der Waals surface area contributed by atoms with Crippen molar-refractivity contribution in [3.8, 4) is 0 Å². The molecule has 0 aromatic heterocycles. The van der Waals surface area contributed by atoms with Crippen molar-refractivity contribution in [1.29, 1.82) is 0 Å². The summed E-state index contributed by atoms with van der Waals surface area (Å²) in [4.78, 5) is 18.1. The first-order chi connectivity index (χ1) is 6.63. The summed E-state index contributed by atoms with van der Waals surface area (Å²) in [5.74, 6) is -0.489. The molecule has 78 valence electrons. The van der Waals surface area contributed by atoms with Crippen LogP contribution in [0.15, 0.2) is 15.6 Å². The molecule has 0 radical (unpaired) electrons. The molecule has 0 aliphatic carbocycles. The summed E-state index contributed by atoms with van der Waals surface area (Å²) in [5.41, 5.74) is 5.99. The fourth-order valence-corrected chi connectivity index (χ4v) is 2.05. The van der Waals surface area contributed by atoms with Gasteiger partial charge in [0.25, 0.3) is 5.91 Å². The van der Waals surface area contributed by atoms with Gasteiger partial charge in [-0.25, -0.2) is 0 Å². The molecule has 1 aliphatic rings. The second-order valence-corrected chi connectivity index (χ2v) is 4.12. The van der Waals surface area contributed by atoms with Crippen LogP contribution in [0.25, 0.3) is 0 Å². The highest BCUT2D eigenvalue weighted by molar-refractivity contribution is 8.02. The van der Waals surface area contributed by atoms with Gasteiger partial charge in [0.05, 0.1) is 11.9 Å². The van der Waals surface area contributed by atoms with Crippen LogP contribution in [0.3, 0.4) is 0 Å². The van der Waals surface area contributed by atoms with Crippen LogP contribution in [0.5, 0.6) is 0 Å². The Morgan fingerprint density at radius 3 is 3.00 bits per heavy atom.